The number of carbonyl (C=O) groups excluding carboxylic acids is 2. The molecule has 22 heavy (non-hydrogen) atoms. The molecule has 5 unspecified atom stereocenters. The van der Waals surface area contributed by atoms with Crippen molar-refractivity contribution in [2.75, 3.05) is 12.4 Å². The lowest BCUT2D eigenvalue weighted by Crippen LogP contribution is -2.35. The van der Waals surface area contributed by atoms with Crippen LogP contribution < -0.4 is 10.1 Å². The zero-order chi connectivity index (χ0) is 15.4. The van der Waals surface area contributed by atoms with Gasteiger partial charge < -0.3 is 14.8 Å². The van der Waals surface area contributed by atoms with Gasteiger partial charge in [-0.3, -0.25) is 9.59 Å². The molecule has 3 aliphatic rings. The van der Waals surface area contributed by atoms with Gasteiger partial charge in [-0.15, -0.1) is 0 Å². The summed E-state index contributed by atoms with van der Waals surface area (Å²) in [5, 5.41) is 2.93. The maximum Gasteiger partial charge on any atom is 0.310 e. The van der Waals surface area contributed by atoms with Crippen LogP contribution in [0.3, 0.4) is 0 Å². The Kier molecular flexibility index (Phi) is 3.18. The summed E-state index contributed by atoms with van der Waals surface area (Å²) in [7, 11) is 1.56. The van der Waals surface area contributed by atoms with Gasteiger partial charge in [0.05, 0.1) is 24.6 Å². The molecule has 5 atom stereocenters. The topological polar surface area (TPSA) is 64.6 Å². The molecule has 2 saturated carbocycles. The van der Waals surface area contributed by atoms with Crippen molar-refractivity contribution in [3.8, 4) is 5.75 Å². The summed E-state index contributed by atoms with van der Waals surface area (Å²) in [6, 6.07) is 5.44. The van der Waals surface area contributed by atoms with Crippen molar-refractivity contribution < 1.29 is 19.1 Å². The molecule has 0 radical (unpaired) electrons. The van der Waals surface area contributed by atoms with Crippen LogP contribution >= 0.6 is 15.9 Å². The lowest BCUT2D eigenvalue weighted by molar-refractivity contribution is -0.145. The molecule has 3 fully saturated rings. The van der Waals surface area contributed by atoms with Crippen molar-refractivity contribution in [3.05, 3.63) is 22.7 Å². The van der Waals surface area contributed by atoms with Gasteiger partial charge in [0, 0.05) is 10.4 Å². The number of nitrogens with one attached hydrogen (secondary N) is 1. The van der Waals surface area contributed by atoms with Crippen LogP contribution in [0.1, 0.15) is 12.8 Å². The number of hydrogen-bond acceptors (Lipinski definition) is 4. The maximum atomic E-state index is 12.7. The van der Waals surface area contributed by atoms with Crippen molar-refractivity contribution in [1.29, 1.82) is 0 Å². The van der Waals surface area contributed by atoms with E-state index in [0.717, 1.165) is 17.3 Å². The van der Waals surface area contributed by atoms with E-state index >= 15 is 0 Å². The molecule has 2 bridgehead atoms. The van der Waals surface area contributed by atoms with Crippen LogP contribution in [-0.2, 0) is 14.3 Å². The van der Waals surface area contributed by atoms with E-state index in [4.69, 9.17) is 9.47 Å². The first-order chi connectivity index (χ1) is 10.6. The van der Waals surface area contributed by atoms with Crippen LogP contribution in [0.15, 0.2) is 22.7 Å². The molecule has 5 nitrogen and oxygen atoms in total. The van der Waals surface area contributed by atoms with E-state index in [1.165, 1.54) is 0 Å². The molecule has 1 aromatic carbocycles. The average Bonchev–Trinajstić information content (AvgIpc) is 3.10. The second kappa shape index (κ2) is 4.98. The number of fused-ring (bicyclic) bond motifs is 1. The Morgan fingerprint density at radius 1 is 1.41 bits per heavy atom. The number of esters is 1. The van der Waals surface area contributed by atoms with Crippen LogP contribution in [0.2, 0.25) is 0 Å². The first-order valence-corrected chi connectivity index (χ1v) is 8.22. The van der Waals surface area contributed by atoms with Crippen molar-refractivity contribution in [2.24, 2.45) is 23.7 Å². The van der Waals surface area contributed by atoms with Crippen molar-refractivity contribution in [2.45, 2.75) is 18.9 Å². The summed E-state index contributed by atoms with van der Waals surface area (Å²) >= 11 is 3.38. The Balaban J connectivity index is 1.57. The predicted molar refractivity (Wildman–Crippen MR) is 82.4 cm³/mol. The molecule has 1 aliphatic heterocycles. The highest BCUT2D eigenvalue weighted by atomic mass is 79.9. The monoisotopic (exact) mass is 365 g/mol. The molecule has 1 heterocycles. The van der Waals surface area contributed by atoms with Crippen LogP contribution in [0.5, 0.6) is 5.75 Å². The quantitative estimate of drug-likeness (QED) is 0.836. The Morgan fingerprint density at radius 2 is 2.23 bits per heavy atom. The molecular weight excluding hydrogens is 350 g/mol. The zero-order valence-corrected chi connectivity index (χ0v) is 13.6. The Hall–Kier alpha value is -1.56. The summed E-state index contributed by atoms with van der Waals surface area (Å²) in [6.45, 7) is 0. The van der Waals surface area contributed by atoms with E-state index < -0.39 is 0 Å². The molecule has 1 N–H and O–H groups in total. The SMILES string of the molecule is COc1cc(Br)ccc1NC(=O)C1C2CC3OC(=O)C1C3C2. The lowest BCUT2D eigenvalue weighted by atomic mass is 9.79. The highest BCUT2D eigenvalue weighted by Gasteiger charge is 2.63. The predicted octanol–water partition coefficient (Wildman–Crippen LogP) is 2.59. The highest BCUT2D eigenvalue weighted by molar-refractivity contribution is 9.10. The van der Waals surface area contributed by atoms with Gasteiger partial charge in [0.15, 0.2) is 0 Å². The van der Waals surface area contributed by atoms with Crippen LogP contribution in [-0.4, -0.2) is 25.1 Å². The van der Waals surface area contributed by atoms with E-state index in [9.17, 15) is 9.59 Å². The number of ether oxygens (including phenoxy) is 2. The number of rotatable bonds is 3. The summed E-state index contributed by atoms with van der Waals surface area (Å²) in [4.78, 5) is 24.7. The Labute approximate surface area is 136 Å². The fourth-order valence-electron chi connectivity index (χ4n) is 4.35. The smallest absolute Gasteiger partial charge is 0.310 e. The first-order valence-electron chi connectivity index (χ1n) is 7.43. The van der Waals surface area contributed by atoms with E-state index in [1.807, 2.05) is 6.07 Å². The van der Waals surface area contributed by atoms with Gasteiger partial charge in [-0.05, 0) is 37.0 Å². The minimum atomic E-state index is -0.274. The molecular formula is C16H16BrNO4. The van der Waals surface area contributed by atoms with Crippen LogP contribution in [0.25, 0.3) is 0 Å². The van der Waals surface area contributed by atoms with Gasteiger partial charge in [0.1, 0.15) is 11.9 Å². The molecule has 0 aromatic heterocycles. The standard InChI is InChI=1S/C16H16BrNO4/c1-21-12-6-8(17)2-3-10(12)18-15(19)13-7-4-9-11(5-7)22-16(20)14(9)13/h2-3,6-7,9,11,13-14H,4-5H2,1H3,(H,18,19). The van der Waals surface area contributed by atoms with E-state index in [1.54, 1.807) is 19.2 Å². The fraction of sp³-hybridized carbons (Fsp3) is 0.500. The molecule has 116 valence electrons. The number of benzene rings is 1. The fourth-order valence-corrected chi connectivity index (χ4v) is 4.69. The third kappa shape index (κ3) is 1.96. The van der Waals surface area contributed by atoms with E-state index in [-0.39, 0.29) is 41.7 Å². The van der Waals surface area contributed by atoms with Gasteiger partial charge in [0.25, 0.3) is 0 Å². The molecule has 0 spiro atoms. The first kappa shape index (κ1) is 14.1. The summed E-state index contributed by atoms with van der Waals surface area (Å²) in [5.74, 6) is 0.258. The van der Waals surface area contributed by atoms with E-state index in [0.29, 0.717) is 11.4 Å². The Morgan fingerprint density at radius 3 is 3.00 bits per heavy atom. The lowest BCUT2D eigenvalue weighted by Gasteiger charge is -2.24. The van der Waals surface area contributed by atoms with Gasteiger partial charge in [0.2, 0.25) is 5.91 Å². The Bertz CT molecular complexity index is 660. The zero-order valence-electron chi connectivity index (χ0n) is 12.0. The normalized spacial score (nSPS) is 34.6. The number of carbonyl (C=O) groups is 2. The van der Waals surface area contributed by atoms with E-state index in [2.05, 4.69) is 21.2 Å². The summed E-state index contributed by atoms with van der Waals surface area (Å²) < 4.78 is 11.6. The summed E-state index contributed by atoms with van der Waals surface area (Å²) in [5.41, 5.74) is 0.626. The number of amides is 1. The third-order valence-corrected chi connectivity index (χ3v) is 5.70. The highest BCUT2D eigenvalue weighted by Crippen LogP contribution is 2.57. The maximum absolute atomic E-state index is 12.7. The van der Waals surface area contributed by atoms with Gasteiger partial charge in [-0.2, -0.15) is 0 Å². The largest absolute Gasteiger partial charge is 0.495 e. The van der Waals surface area contributed by atoms with Gasteiger partial charge in [-0.25, -0.2) is 0 Å². The second-order valence-electron chi connectivity index (χ2n) is 6.26. The van der Waals surface area contributed by atoms with Crippen molar-refractivity contribution in [1.82, 2.24) is 0 Å². The molecule has 1 aromatic rings. The van der Waals surface area contributed by atoms with Gasteiger partial charge >= 0.3 is 5.97 Å². The molecule has 6 heteroatoms. The van der Waals surface area contributed by atoms with Crippen LogP contribution in [0.4, 0.5) is 5.69 Å². The minimum Gasteiger partial charge on any atom is -0.495 e. The van der Waals surface area contributed by atoms with Gasteiger partial charge in [-0.1, -0.05) is 15.9 Å². The number of halogens is 1. The van der Waals surface area contributed by atoms with Crippen molar-refractivity contribution >= 4 is 33.5 Å². The number of hydrogen-bond donors (Lipinski definition) is 1. The molecule has 4 rings (SSSR count). The molecule has 1 saturated heterocycles. The molecule has 1 amide bonds. The molecule has 2 aliphatic carbocycles. The minimum absolute atomic E-state index is 0.0498. The number of anilines is 1. The van der Waals surface area contributed by atoms with Crippen LogP contribution in [0, 0.1) is 23.7 Å². The number of methoxy groups -OCH3 is 1. The average molecular weight is 366 g/mol. The second-order valence-corrected chi connectivity index (χ2v) is 7.17. The third-order valence-electron chi connectivity index (χ3n) is 5.21. The summed E-state index contributed by atoms with van der Waals surface area (Å²) in [6.07, 6.45) is 1.80. The van der Waals surface area contributed by atoms with Crippen molar-refractivity contribution in [3.63, 3.8) is 0 Å².